The fourth-order valence-electron chi connectivity index (χ4n) is 5.28. The maximum absolute atomic E-state index is 15.9. The summed E-state index contributed by atoms with van der Waals surface area (Å²) in [5, 5.41) is 0. The van der Waals surface area contributed by atoms with E-state index in [4.69, 9.17) is 34.2 Å². The van der Waals surface area contributed by atoms with Gasteiger partial charge in [0.1, 0.15) is 36.3 Å². The van der Waals surface area contributed by atoms with Crippen LogP contribution < -0.4 is 21.7 Å². The third-order valence-corrected chi connectivity index (χ3v) is 9.26. The molecule has 0 aromatic carbocycles. The average molecular weight is 678 g/mol. The molecule has 242 valence electrons. The minimum atomic E-state index is -5.17. The number of nitrogens with two attached hydrogens (primary N) is 2. The van der Waals surface area contributed by atoms with Gasteiger partial charge in [-0.3, -0.25) is 28.0 Å². The second kappa shape index (κ2) is 10.7. The summed E-state index contributed by atoms with van der Waals surface area (Å²) in [5.74, 6) is -0.330. The van der Waals surface area contributed by atoms with Crippen LogP contribution in [-0.4, -0.2) is 102 Å². The van der Waals surface area contributed by atoms with Gasteiger partial charge in [-0.15, -0.1) is 0 Å². The number of nitrogens with zero attached hydrogens (tertiary/aromatic N) is 7. The highest BCUT2D eigenvalue weighted by Crippen LogP contribution is 2.50. The third-order valence-electron chi connectivity index (χ3n) is 7.28. The van der Waals surface area contributed by atoms with Gasteiger partial charge in [0.2, 0.25) is 5.95 Å². The summed E-state index contributed by atoms with van der Waals surface area (Å²) in [6.45, 7) is -1.72. The van der Waals surface area contributed by atoms with E-state index in [1.807, 2.05) is 4.72 Å². The van der Waals surface area contributed by atoms with Gasteiger partial charge in [0.15, 0.2) is 47.4 Å². The molecule has 0 spiro atoms. The lowest BCUT2D eigenvalue weighted by molar-refractivity contribution is -0.0496. The van der Waals surface area contributed by atoms with Crippen LogP contribution >= 0.6 is 7.82 Å². The number of phosphoric acid groups is 1. The smallest absolute Gasteiger partial charge is 0.382 e. The van der Waals surface area contributed by atoms with Crippen molar-refractivity contribution in [3.05, 3.63) is 29.3 Å². The molecule has 4 aromatic heterocycles. The normalized spacial score (nSPS) is 35.5. The molecule has 0 saturated carbocycles. The number of H-pyrrole nitrogens is 1. The number of nitrogens with one attached hydrogen (secondary N) is 2. The van der Waals surface area contributed by atoms with Gasteiger partial charge in [-0.05, 0) is 0 Å². The van der Waals surface area contributed by atoms with Crippen molar-refractivity contribution in [2.75, 3.05) is 24.6 Å². The van der Waals surface area contributed by atoms with Crippen LogP contribution in [0.4, 0.5) is 20.5 Å². The first-order valence-corrected chi connectivity index (χ1v) is 15.8. The van der Waals surface area contributed by atoms with Crippen LogP contribution in [0.5, 0.6) is 0 Å². The Hall–Kier alpha value is -3.74. The highest BCUT2D eigenvalue weighted by molar-refractivity contribution is 7.84. The van der Waals surface area contributed by atoms with Crippen LogP contribution in [0.3, 0.4) is 0 Å². The predicted molar refractivity (Wildman–Crippen MR) is 142 cm³/mol. The molecule has 21 nitrogen and oxygen atoms in total. The number of halogens is 2. The van der Waals surface area contributed by atoms with Crippen molar-refractivity contribution >= 4 is 52.2 Å². The summed E-state index contributed by atoms with van der Waals surface area (Å²) in [6.07, 6.45) is -11.6. The monoisotopic (exact) mass is 677 g/mol. The van der Waals surface area contributed by atoms with Gasteiger partial charge in [0, 0.05) is 6.54 Å². The number of ether oxygens (including phenoxy) is 2. The van der Waals surface area contributed by atoms with Crippen molar-refractivity contribution in [2.45, 2.75) is 49.2 Å². The number of alkyl halides is 2. The Morgan fingerprint density at radius 3 is 2.40 bits per heavy atom. The fourth-order valence-corrected chi connectivity index (χ4v) is 7.19. The first-order valence-electron chi connectivity index (χ1n) is 12.9. The van der Waals surface area contributed by atoms with E-state index in [0.717, 1.165) is 28.1 Å². The number of hydrogen-bond donors (Lipinski definition) is 5. The lowest BCUT2D eigenvalue weighted by Gasteiger charge is -2.26. The minimum absolute atomic E-state index is 0.0140. The Balaban J connectivity index is 1.17. The van der Waals surface area contributed by atoms with Gasteiger partial charge in [-0.25, -0.2) is 37.5 Å². The maximum Gasteiger partial charge on any atom is 0.472 e. The molecular formula is C20H22F2N11O10PS. The Labute approximate surface area is 248 Å². The lowest BCUT2D eigenvalue weighted by atomic mass is 10.1. The molecule has 7 heterocycles. The fraction of sp³-hybridized carbons (Fsp3) is 0.500. The zero-order valence-corrected chi connectivity index (χ0v) is 24.0. The van der Waals surface area contributed by atoms with Crippen molar-refractivity contribution in [1.29, 1.82) is 0 Å². The van der Waals surface area contributed by atoms with Crippen LogP contribution in [0.25, 0.3) is 22.3 Å². The van der Waals surface area contributed by atoms with Crippen molar-refractivity contribution in [1.82, 2.24) is 43.8 Å². The minimum Gasteiger partial charge on any atom is -0.382 e. The second-order valence-corrected chi connectivity index (χ2v) is 12.9. The van der Waals surface area contributed by atoms with E-state index in [1.54, 1.807) is 0 Å². The number of aromatic amines is 1. The van der Waals surface area contributed by atoms with Crippen LogP contribution in [0, 0.1) is 0 Å². The van der Waals surface area contributed by atoms with Crippen LogP contribution in [-0.2, 0) is 37.6 Å². The predicted octanol–water partition coefficient (Wildman–Crippen LogP) is -1.67. The van der Waals surface area contributed by atoms with Crippen LogP contribution in [0.2, 0.25) is 0 Å². The molecule has 4 aromatic rings. The lowest BCUT2D eigenvalue weighted by Crippen LogP contribution is -2.45. The largest absolute Gasteiger partial charge is 0.472 e. The van der Waals surface area contributed by atoms with Crippen LogP contribution in [0.1, 0.15) is 12.5 Å². The molecule has 45 heavy (non-hydrogen) atoms. The first kappa shape index (κ1) is 29.9. The molecule has 1 unspecified atom stereocenters. The Bertz CT molecular complexity index is 2010. The maximum atomic E-state index is 15.9. The van der Waals surface area contributed by atoms with E-state index in [1.165, 1.54) is 0 Å². The van der Waals surface area contributed by atoms with Crippen molar-refractivity contribution in [3.8, 4) is 0 Å². The number of rotatable bonds is 2. The van der Waals surface area contributed by atoms with Gasteiger partial charge >= 0.3 is 18.1 Å². The van der Waals surface area contributed by atoms with E-state index >= 15 is 8.78 Å². The Kier molecular flexibility index (Phi) is 7.10. The van der Waals surface area contributed by atoms with E-state index in [2.05, 4.69) is 29.9 Å². The molecule has 0 bridgehead atoms. The van der Waals surface area contributed by atoms with E-state index < -0.39 is 86.1 Å². The van der Waals surface area contributed by atoms with Gasteiger partial charge in [0.25, 0.3) is 5.56 Å². The summed E-state index contributed by atoms with van der Waals surface area (Å²) in [4.78, 5) is 44.5. The number of phosphoric ester groups is 1. The van der Waals surface area contributed by atoms with Gasteiger partial charge in [0.05, 0.1) is 19.3 Å². The summed E-state index contributed by atoms with van der Waals surface area (Å²) >= 11 is 0. The van der Waals surface area contributed by atoms with Gasteiger partial charge < -0.3 is 25.8 Å². The zero-order valence-electron chi connectivity index (χ0n) is 22.3. The van der Waals surface area contributed by atoms with Crippen molar-refractivity contribution < 1.29 is 49.4 Å². The molecule has 7 rings (SSSR count). The van der Waals surface area contributed by atoms with Gasteiger partial charge in [-0.2, -0.15) is 18.1 Å². The summed E-state index contributed by atoms with van der Waals surface area (Å²) in [7, 11) is -9.99. The molecule has 3 saturated heterocycles. The number of aromatic nitrogens is 8. The van der Waals surface area contributed by atoms with Crippen LogP contribution in [0.15, 0.2) is 23.8 Å². The number of fused-ring (bicyclic) bond motifs is 4. The zero-order chi connectivity index (χ0) is 31.8. The Morgan fingerprint density at radius 1 is 0.978 bits per heavy atom. The standard InChI is InChI=1S/C20H22F2N11O10PS/c21-8-12-6(40-18(8)33-5-28-11-16(33)30-20(24)31-17(11)34)1-29-45(37,38)43-13-7(2-39-44(35,36)42-12)41-19(9(13)22)32-4-27-10-14(23)25-3-26-15(10)32/h3-9,12-13,18-19,29H,1-2H2,(H,35,36)(H2,23,25,26)(H3,24,30,31,34)/t6-,7-,8-,9+,12-,13-,18-,19-/m1/s1. The highest BCUT2D eigenvalue weighted by Gasteiger charge is 2.54. The van der Waals surface area contributed by atoms with Crippen molar-refractivity contribution in [3.63, 3.8) is 0 Å². The number of imidazole rings is 2. The molecule has 7 N–H and O–H groups in total. The molecule has 25 heteroatoms. The highest BCUT2D eigenvalue weighted by atomic mass is 32.2. The van der Waals surface area contributed by atoms with Gasteiger partial charge in [-0.1, -0.05) is 0 Å². The third kappa shape index (κ3) is 5.22. The molecule has 0 radical (unpaired) electrons. The second-order valence-electron chi connectivity index (χ2n) is 10.1. The first-order chi connectivity index (χ1) is 21.3. The molecule has 3 aliphatic heterocycles. The van der Waals surface area contributed by atoms with E-state index in [-0.39, 0.29) is 34.1 Å². The molecule has 3 fully saturated rings. The quantitative estimate of drug-likeness (QED) is 0.148. The molecule has 9 atom stereocenters. The summed E-state index contributed by atoms with van der Waals surface area (Å²) < 4.78 is 101. The number of nitrogen functional groups attached to an aromatic ring is 2. The molecular weight excluding hydrogens is 655 g/mol. The Morgan fingerprint density at radius 2 is 1.64 bits per heavy atom. The van der Waals surface area contributed by atoms with Crippen molar-refractivity contribution in [2.24, 2.45) is 0 Å². The molecule has 0 amide bonds. The van der Waals surface area contributed by atoms with E-state index in [9.17, 15) is 22.7 Å². The summed E-state index contributed by atoms with van der Waals surface area (Å²) in [6, 6.07) is 0. The number of anilines is 2. The molecule has 0 aliphatic carbocycles. The summed E-state index contributed by atoms with van der Waals surface area (Å²) in [5.41, 5.74) is 10.4. The molecule has 3 aliphatic rings. The average Bonchev–Trinajstić information content (AvgIpc) is 3.72. The van der Waals surface area contributed by atoms with E-state index in [0.29, 0.717) is 0 Å². The number of hydrogen-bond acceptors (Lipinski definition) is 16. The topological polar surface area (TPSA) is 289 Å². The SMILES string of the molecule is Nc1nc2c(ncn2[C@@H]2O[C@@H]3CNS(=O)(=O)O[C@H]4[C@H](F)[C@H](n5cnc6c(N)ncnc65)O[C@@H]4COP(=O)(O)O[C@H]3[C@H]2F)c(=O)[nH]1.